The van der Waals surface area contributed by atoms with Gasteiger partial charge in [-0.05, 0) is 12.5 Å². The maximum Gasteiger partial charge on any atom is 0.238 e. The predicted molar refractivity (Wildman–Crippen MR) is 98.0 cm³/mol. The molecular weight excluding hydrogens is 387 g/mol. The number of piperazine rings is 1. The lowest BCUT2D eigenvalue weighted by Crippen LogP contribution is -3.25. The summed E-state index contributed by atoms with van der Waals surface area (Å²) in [5, 5.41) is 1.26. The van der Waals surface area contributed by atoms with Crippen molar-refractivity contribution in [3.8, 4) is 0 Å². The lowest BCUT2D eigenvalue weighted by molar-refractivity contribution is -0.995. The molecule has 4 nitrogen and oxygen atoms in total. The molecule has 140 valence electrons. The highest BCUT2D eigenvalue weighted by Crippen LogP contribution is 2.26. The molecule has 0 aliphatic carbocycles. The molecule has 0 amide bonds. The summed E-state index contributed by atoms with van der Waals surface area (Å²) in [4.78, 5) is 14.8. The van der Waals surface area contributed by atoms with Crippen LogP contribution in [-0.4, -0.2) is 36.1 Å². The Balaban J connectivity index is 0.00000121. The molecular formula is C19H24Cl2N4S. The van der Waals surface area contributed by atoms with Crippen molar-refractivity contribution in [2.24, 2.45) is 0 Å². The lowest BCUT2D eigenvalue weighted by Gasteiger charge is -2.29. The lowest BCUT2D eigenvalue weighted by atomic mass is 10.2. The van der Waals surface area contributed by atoms with Gasteiger partial charge in [0.2, 0.25) is 5.82 Å². The van der Waals surface area contributed by atoms with Crippen LogP contribution in [0.5, 0.6) is 0 Å². The van der Waals surface area contributed by atoms with E-state index in [0.717, 1.165) is 30.9 Å². The summed E-state index contributed by atoms with van der Waals surface area (Å²) in [6, 6.07) is 13.1. The topological polar surface area (TPSA) is 34.7 Å². The molecule has 3 heterocycles. The highest BCUT2D eigenvalue weighted by molar-refractivity contribution is 7.18. The largest absolute Gasteiger partial charge is 1.00 e. The van der Waals surface area contributed by atoms with Crippen molar-refractivity contribution in [3.05, 3.63) is 53.2 Å². The van der Waals surface area contributed by atoms with Crippen LogP contribution < -0.4 is 34.6 Å². The second-order valence-electron chi connectivity index (χ2n) is 6.52. The molecule has 26 heavy (non-hydrogen) atoms. The average Bonchev–Trinajstić information content (AvgIpc) is 3.07. The molecule has 1 saturated heterocycles. The number of halogens is 2. The number of aryl methyl sites for hydroxylation is 1. The number of hydrogen-bond donors (Lipinski definition) is 2. The van der Waals surface area contributed by atoms with Gasteiger partial charge in [-0.3, -0.25) is 4.90 Å². The number of thiophene rings is 1. The van der Waals surface area contributed by atoms with Gasteiger partial charge in [0.1, 0.15) is 43.9 Å². The van der Waals surface area contributed by atoms with Crippen LogP contribution in [0.15, 0.2) is 42.7 Å². The van der Waals surface area contributed by atoms with Crippen LogP contribution in [0.25, 0.3) is 10.2 Å². The van der Waals surface area contributed by atoms with Crippen molar-refractivity contribution in [1.82, 2.24) is 9.97 Å². The minimum atomic E-state index is 0. The SMILES string of the molecule is CCc1cc2c([NH+]3CC[NH+](Cc4ccccc4)CC3)ncnc2s1.[Cl-].[Cl-]. The molecule has 0 atom stereocenters. The molecule has 1 aliphatic heterocycles. The van der Waals surface area contributed by atoms with E-state index in [9.17, 15) is 0 Å². The van der Waals surface area contributed by atoms with Crippen molar-refractivity contribution in [1.29, 1.82) is 0 Å². The van der Waals surface area contributed by atoms with Crippen molar-refractivity contribution < 1.29 is 34.6 Å². The zero-order valence-electron chi connectivity index (χ0n) is 14.8. The monoisotopic (exact) mass is 410 g/mol. The van der Waals surface area contributed by atoms with E-state index >= 15 is 0 Å². The van der Waals surface area contributed by atoms with Gasteiger partial charge in [0.05, 0.1) is 5.39 Å². The number of quaternary nitrogens is 2. The zero-order valence-corrected chi connectivity index (χ0v) is 17.2. The smallest absolute Gasteiger partial charge is 0.238 e. The van der Waals surface area contributed by atoms with E-state index in [-0.39, 0.29) is 24.8 Å². The normalized spacial score (nSPS) is 19.6. The Kier molecular flexibility index (Phi) is 7.80. The van der Waals surface area contributed by atoms with Crippen molar-refractivity contribution in [2.45, 2.75) is 19.9 Å². The number of nitrogens with zero attached hydrogens (tertiary/aromatic N) is 2. The third kappa shape index (κ3) is 4.53. The first-order valence-corrected chi connectivity index (χ1v) is 9.61. The molecule has 0 unspecified atom stereocenters. The molecule has 2 aromatic heterocycles. The first-order valence-electron chi connectivity index (χ1n) is 8.79. The summed E-state index contributed by atoms with van der Waals surface area (Å²) in [5.74, 6) is 1.20. The van der Waals surface area contributed by atoms with Crippen LogP contribution in [0.1, 0.15) is 17.4 Å². The van der Waals surface area contributed by atoms with E-state index in [1.165, 1.54) is 39.6 Å². The van der Waals surface area contributed by atoms with Crippen LogP contribution in [0.2, 0.25) is 0 Å². The molecule has 0 bridgehead atoms. The Morgan fingerprint density at radius 1 is 1.00 bits per heavy atom. The summed E-state index contributed by atoms with van der Waals surface area (Å²) in [7, 11) is 0. The Morgan fingerprint density at radius 2 is 1.73 bits per heavy atom. The summed E-state index contributed by atoms with van der Waals surface area (Å²) in [6.45, 7) is 8.01. The first kappa shape index (κ1) is 21.1. The molecule has 1 fully saturated rings. The second-order valence-corrected chi connectivity index (χ2v) is 7.64. The third-order valence-electron chi connectivity index (χ3n) is 4.92. The van der Waals surface area contributed by atoms with Crippen molar-refractivity contribution in [3.63, 3.8) is 0 Å². The Bertz CT molecular complexity index is 817. The van der Waals surface area contributed by atoms with Crippen LogP contribution in [-0.2, 0) is 13.0 Å². The van der Waals surface area contributed by atoms with Crippen LogP contribution >= 0.6 is 11.3 Å². The molecule has 3 aromatic rings. The molecule has 0 radical (unpaired) electrons. The molecule has 0 spiro atoms. The highest BCUT2D eigenvalue weighted by atomic mass is 35.5. The van der Waals surface area contributed by atoms with Gasteiger partial charge in [-0.15, -0.1) is 11.3 Å². The number of rotatable bonds is 4. The van der Waals surface area contributed by atoms with Gasteiger partial charge in [0, 0.05) is 10.4 Å². The van der Waals surface area contributed by atoms with E-state index < -0.39 is 0 Å². The maximum atomic E-state index is 4.64. The number of hydrogen-bond acceptors (Lipinski definition) is 3. The fourth-order valence-electron chi connectivity index (χ4n) is 3.56. The Hall–Kier alpha value is -1.24. The minimum absolute atomic E-state index is 0. The summed E-state index contributed by atoms with van der Waals surface area (Å²) >= 11 is 1.81. The summed E-state index contributed by atoms with van der Waals surface area (Å²) in [5.41, 5.74) is 1.44. The molecule has 4 rings (SSSR count). The molecule has 0 saturated carbocycles. The molecule has 1 aliphatic rings. The van der Waals surface area contributed by atoms with Crippen LogP contribution in [0.4, 0.5) is 5.82 Å². The van der Waals surface area contributed by atoms with Gasteiger partial charge in [0.25, 0.3) is 0 Å². The number of fused-ring (bicyclic) bond motifs is 1. The van der Waals surface area contributed by atoms with Gasteiger partial charge >= 0.3 is 0 Å². The van der Waals surface area contributed by atoms with Gasteiger partial charge in [-0.1, -0.05) is 37.3 Å². The highest BCUT2D eigenvalue weighted by Gasteiger charge is 2.27. The minimum Gasteiger partial charge on any atom is -1.00 e. The number of benzene rings is 1. The fourth-order valence-corrected chi connectivity index (χ4v) is 4.50. The maximum absolute atomic E-state index is 4.64. The quantitative estimate of drug-likeness (QED) is 0.451. The summed E-state index contributed by atoms with van der Waals surface area (Å²) < 4.78 is 0. The summed E-state index contributed by atoms with van der Waals surface area (Å²) in [6.07, 6.45) is 2.81. The van der Waals surface area contributed by atoms with E-state index in [0.29, 0.717) is 0 Å². The van der Waals surface area contributed by atoms with Gasteiger partial charge in [0.15, 0.2) is 0 Å². The van der Waals surface area contributed by atoms with Gasteiger partial charge < -0.3 is 29.7 Å². The number of aromatic nitrogens is 2. The van der Waals surface area contributed by atoms with Gasteiger partial charge in [-0.2, -0.15) is 4.98 Å². The fraction of sp³-hybridized carbons (Fsp3) is 0.368. The molecule has 7 heteroatoms. The first-order chi connectivity index (χ1) is 11.8. The number of nitrogens with one attached hydrogen (secondary N) is 2. The second kappa shape index (κ2) is 9.62. The Morgan fingerprint density at radius 3 is 2.42 bits per heavy atom. The molecule has 1 aromatic carbocycles. The predicted octanol–water partition coefficient (Wildman–Crippen LogP) is -5.12. The van der Waals surface area contributed by atoms with Gasteiger partial charge in [-0.25, -0.2) is 4.98 Å². The van der Waals surface area contributed by atoms with Crippen LogP contribution in [0, 0.1) is 0 Å². The van der Waals surface area contributed by atoms with E-state index in [1.807, 2.05) is 11.3 Å². The Labute approximate surface area is 171 Å². The third-order valence-corrected chi connectivity index (χ3v) is 6.11. The zero-order chi connectivity index (χ0) is 16.4. The standard InChI is InChI=1S/C19H22N4S.2ClH/c1-2-16-12-17-18(20-14-21-19(17)24-16)23-10-8-22(9-11-23)13-15-6-4-3-5-7-15;;/h3-7,12,14H,2,8-11,13H2,1H3;2*1H. The average molecular weight is 411 g/mol. The van der Waals surface area contributed by atoms with Crippen molar-refractivity contribution in [2.75, 3.05) is 26.2 Å². The van der Waals surface area contributed by atoms with E-state index in [1.54, 1.807) is 11.2 Å². The molecule has 2 N–H and O–H groups in total. The van der Waals surface area contributed by atoms with Crippen molar-refractivity contribution >= 4 is 27.4 Å². The van der Waals surface area contributed by atoms with E-state index in [4.69, 9.17) is 0 Å². The van der Waals surface area contributed by atoms with Crippen LogP contribution in [0.3, 0.4) is 0 Å². The van der Waals surface area contributed by atoms with E-state index in [2.05, 4.69) is 53.3 Å².